The summed E-state index contributed by atoms with van der Waals surface area (Å²) in [6, 6.07) is 0.801. The van der Waals surface area contributed by atoms with E-state index >= 15 is 0 Å². The van der Waals surface area contributed by atoms with Gasteiger partial charge in [0.2, 0.25) is 0 Å². The van der Waals surface area contributed by atoms with Gasteiger partial charge >= 0.3 is 0 Å². The summed E-state index contributed by atoms with van der Waals surface area (Å²) in [5.41, 5.74) is 0.505. The van der Waals surface area contributed by atoms with E-state index in [1.807, 2.05) is 0 Å². The minimum absolute atomic E-state index is 0.505. The van der Waals surface area contributed by atoms with Gasteiger partial charge in [-0.3, -0.25) is 0 Å². The van der Waals surface area contributed by atoms with Crippen LogP contribution in [-0.2, 0) is 0 Å². The summed E-state index contributed by atoms with van der Waals surface area (Å²) in [7, 11) is 0. The molecule has 20 heavy (non-hydrogen) atoms. The van der Waals surface area contributed by atoms with Gasteiger partial charge in [-0.25, -0.2) is 0 Å². The van der Waals surface area contributed by atoms with E-state index in [2.05, 4.69) is 37.9 Å². The zero-order valence-corrected chi connectivity index (χ0v) is 14.3. The molecule has 2 nitrogen and oxygen atoms in total. The predicted octanol–water partition coefficient (Wildman–Crippen LogP) is 3.91. The Morgan fingerprint density at radius 2 is 1.75 bits per heavy atom. The molecular weight excluding hydrogens is 244 g/mol. The van der Waals surface area contributed by atoms with Gasteiger partial charge in [0.05, 0.1) is 0 Å². The van der Waals surface area contributed by atoms with Crippen molar-refractivity contribution >= 4 is 0 Å². The molecule has 1 N–H and O–H groups in total. The van der Waals surface area contributed by atoms with Gasteiger partial charge in [0.25, 0.3) is 0 Å². The lowest BCUT2D eigenvalue weighted by Crippen LogP contribution is -2.44. The van der Waals surface area contributed by atoms with Crippen molar-refractivity contribution in [1.82, 2.24) is 10.2 Å². The highest BCUT2D eigenvalue weighted by atomic mass is 15.1. The second-order valence-corrected chi connectivity index (χ2v) is 8.19. The molecule has 2 rings (SSSR count). The Kier molecular flexibility index (Phi) is 5.92. The first kappa shape index (κ1) is 16.3. The molecule has 1 heterocycles. The van der Waals surface area contributed by atoms with Crippen molar-refractivity contribution in [3.05, 3.63) is 0 Å². The van der Waals surface area contributed by atoms with Crippen LogP contribution >= 0.6 is 0 Å². The van der Waals surface area contributed by atoms with Gasteiger partial charge < -0.3 is 10.2 Å². The first-order chi connectivity index (χ1) is 9.50. The Hall–Kier alpha value is -0.0800. The van der Waals surface area contributed by atoms with Gasteiger partial charge in [0, 0.05) is 12.6 Å². The monoisotopic (exact) mass is 280 g/mol. The van der Waals surface area contributed by atoms with E-state index in [0.717, 1.165) is 17.9 Å². The van der Waals surface area contributed by atoms with Crippen molar-refractivity contribution in [2.75, 3.05) is 26.2 Å². The second kappa shape index (κ2) is 7.26. The zero-order valence-electron chi connectivity index (χ0n) is 14.3. The van der Waals surface area contributed by atoms with E-state index in [4.69, 9.17) is 0 Å². The van der Waals surface area contributed by atoms with Gasteiger partial charge in [0.15, 0.2) is 0 Å². The first-order valence-electron chi connectivity index (χ1n) is 8.96. The molecule has 0 aromatic heterocycles. The van der Waals surface area contributed by atoms with Gasteiger partial charge in [0.1, 0.15) is 0 Å². The first-order valence-corrected chi connectivity index (χ1v) is 8.96. The minimum atomic E-state index is 0.505. The SMILES string of the molecule is CCCNC1CCCC1CN1CCC(C(C)(C)C)CC1. The third-order valence-electron chi connectivity index (χ3n) is 5.62. The number of hydrogen-bond donors (Lipinski definition) is 1. The summed E-state index contributed by atoms with van der Waals surface area (Å²) in [5, 5.41) is 3.78. The van der Waals surface area contributed by atoms with Crippen molar-refractivity contribution < 1.29 is 0 Å². The maximum atomic E-state index is 3.78. The maximum absolute atomic E-state index is 3.78. The molecule has 2 atom stereocenters. The molecule has 2 fully saturated rings. The molecule has 2 heteroatoms. The molecule has 1 saturated carbocycles. The lowest BCUT2D eigenvalue weighted by molar-refractivity contribution is 0.0977. The Morgan fingerprint density at radius 3 is 2.35 bits per heavy atom. The summed E-state index contributed by atoms with van der Waals surface area (Å²) in [6.07, 6.45) is 8.36. The number of nitrogens with zero attached hydrogens (tertiary/aromatic N) is 1. The molecular formula is C18H36N2. The van der Waals surface area contributed by atoms with E-state index in [1.54, 1.807) is 0 Å². The number of likely N-dealkylation sites (tertiary alicyclic amines) is 1. The molecule has 1 saturated heterocycles. The number of rotatable bonds is 5. The van der Waals surface area contributed by atoms with Gasteiger partial charge in [-0.2, -0.15) is 0 Å². The van der Waals surface area contributed by atoms with E-state index in [0.29, 0.717) is 5.41 Å². The Balaban J connectivity index is 1.74. The lowest BCUT2D eigenvalue weighted by atomic mass is 9.75. The lowest BCUT2D eigenvalue weighted by Gasteiger charge is -2.40. The quantitative estimate of drug-likeness (QED) is 0.821. The van der Waals surface area contributed by atoms with E-state index in [-0.39, 0.29) is 0 Å². The van der Waals surface area contributed by atoms with Gasteiger partial charge in [-0.15, -0.1) is 0 Å². The van der Waals surface area contributed by atoms with Crippen molar-refractivity contribution in [2.24, 2.45) is 17.3 Å². The van der Waals surface area contributed by atoms with Crippen LogP contribution in [0.5, 0.6) is 0 Å². The molecule has 2 unspecified atom stereocenters. The average Bonchev–Trinajstić information content (AvgIpc) is 2.83. The Bertz CT molecular complexity index is 274. The standard InChI is InChI=1S/C18H36N2/c1-5-11-19-17-8-6-7-15(17)14-20-12-9-16(10-13-20)18(2,3)4/h15-17,19H,5-14H2,1-4H3. The van der Waals surface area contributed by atoms with Crippen LogP contribution in [-0.4, -0.2) is 37.1 Å². The van der Waals surface area contributed by atoms with Gasteiger partial charge in [-0.05, 0) is 69.0 Å². The smallest absolute Gasteiger partial charge is 0.0107 e. The fourth-order valence-corrected chi connectivity index (χ4v) is 4.17. The largest absolute Gasteiger partial charge is 0.314 e. The second-order valence-electron chi connectivity index (χ2n) is 8.19. The Labute approximate surface area is 126 Å². The molecule has 1 aliphatic carbocycles. The topological polar surface area (TPSA) is 15.3 Å². The third kappa shape index (κ3) is 4.46. The maximum Gasteiger partial charge on any atom is 0.0107 e. The third-order valence-corrected chi connectivity index (χ3v) is 5.62. The molecule has 0 bridgehead atoms. The molecule has 0 aromatic carbocycles. The summed E-state index contributed by atoms with van der Waals surface area (Å²) < 4.78 is 0. The van der Waals surface area contributed by atoms with Crippen LogP contribution in [0.15, 0.2) is 0 Å². The minimum Gasteiger partial charge on any atom is -0.314 e. The van der Waals surface area contributed by atoms with E-state index in [9.17, 15) is 0 Å². The van der Waals surface area contributed by atoms with Crippen LogP contribution < -0.4 is 5.32 Å². The van der Waals surface area contributed by atoms with Crippen LogP contribution in [0.2, 0.25) is 0 Å². The molecule has 0 radical (unpaired) electrons. The molecule has 2 aliphatic rings. The van der Waals surface area contributed by atoms with Crippen LogP contribution in [0.25, 0.3) is 0 Å². The highest BCUT2D eigenvalue weighted by Crippen LogP contribution is 2.35. The van der Waals surface area contributed by atoms with Crippen LogP contribution in [0.4, 0.5) is 0 Å². The molecule has 0 amide bonds. The zero-order chi connectivity index (χ0) is 14.6. The highest BCUT2D eigenvalue weighted by molar-refractivity contribution is 4.87. The summed E-state index contributed by atoms with van der Waals surface area (Å²) in [5.74, 6) is 1.84. The number of nitrogens with one attached hydrogen (secondary N) is 1. The van der Waals surface area contributed by atoms with Crippen LogP contribution in [0.3, 0.4) is 0 Å². The predicted molar refractivity (Wildman–Crippen MR) is 88.0 cm³/mol. The molecule has 118 valence electrons. The fraction of sp³-hybridized carbons (Fsp3) is 1.00. The fourth-order valence-electron chi connectivity index (χ4n) is 4.17. The summed E-state index contributed by atoms with van der Waals surface area (Å²) >= 11 is 0. The normalized spacial score (nSPS) is 30.0. The summed E-state index contributed by atoms with van der Waals surface area (Å²) in [6.45, 7) is 14.7. The number of piperidine rings is 1. The van der Waals surface area contributed by atoms with Gasteiger partial charge in [-0.1, -0.05) is 34.1 Å². The molecule has 1 aliphatic heterocycles. The van der Waals surface area contributed by atoms with E-state index < -0.39 is 0 Å². The van der Waals surface area contributed by atoms with Crippen molar-refractivity contribution in [2.45, 2.75) is 72.3 Å². The van der Waals surface area contributed by atoms with Crippen molar-refractivity contribution in [1.29, 1.82) is 0 Å². The van der Waals surface area contributed by atoms with E-state index in [1.165, 1.54) is 64.7 Å². The van der Waals surface area contributed by atoms with Crippen LogP contribution in [0, 0.1) is 17.3 Å². The number of hydrogen-bond acceptors (Lipinski definition) is 2. The Morgan fingerprint density at radius 1 is 1.05 bits per heavy atom. The molecule has 0 aromatic rings. The van der Waals surface area contributed by atoms with Crippen molar-refractivity contribution in [3.8, 4) is 0 Å². The average molecular weight is 280 g/mol. The highest BCUT2D eigenvalue weighted by Gasteiger charge is 2.32. The summed E-state index contributed by atoms with van der Waals surface area (Å²) in [4.78, 5) is 2.75. The van der Waals surface area contributed by atoms with Crippen molar-refractivity contribution in [3.63, 3.8) is 0 Å². The molecule has 0 spiro atoms. The van der Waals surface area contributed by atoms with Crippen LogP contribution in [0.1, 0.15) is 66.2 Å².